The van der Waals surface area contributed by atoms with Crippen molar-refractivity contribution in [3.8, 4) is 11.5 Å². The van der Waals surface area contributed by atoms with Gasteiger partial charge in [-0.05, 0) is 25.1 Å². The SMILES string of the molecule is CCCNC(c1ccc(OC)cc1OC)c1nccn1C. The molecule has 0 amide bonds. The highest BCUT2D eigenvalue weighted by Gasteiger charge is 2.21. The van der Waals surface area contributed by atoms with Crippen LogP contribution in [0.25, 0.3) is 0 Å². The second-order valence-electron chi connectivity index (χ2n) is 4.89. The van der Waals surface area contributed by atoms with E-state index in [0.717, 1.165) is 35.9 Å². The minimum absolute atomic E-state index is 0.00851. The summed E-state index contributed by atoms with van der Waals surface area (Å²) in [6.07, 6.45) is 4.82. The molecule has 0 fully saturated rings. The van der Waals surface area contributed by atoms with E-state index in [9.17, 15) is 0 Å². The molecule has 0 aliphatic rings. The Morgan fingerprint density at radius 2 is 2.10 bits per heavy atom. The first-order chi connectivity index (χ1) is 10.2. The smallest absolute Gasteiger partial charge is 0.130 e. The fourth-order valence-electron chi connectivity index (χ4n) is 2.34. The Bertz CT molecular complexity index is 581. The molecule has 0 saturated carbocycles. The third-order valence-electron chi connectivity index (χ3n) is 3.47. The molecular weight excluding hydrogens is 266 g/mol. The molecule has 0 bridgehead atoms. The highest BCUT2D eigenvalue weighted by Crippen LogP contribution is 2.32. The summed E-state index contributed by atoms with van der Waals surface area (Å²) in [5, 5.41) is 3.54. The fraction of sp³-hybridized carbons (Fsp3) is 0.438. The fourth-order valence-corrected chi connectivity index (χ4v) is 2.34. The van der Waals surface area contributed by atoms with Gasteiger partial charge >= 0.3 is 0 Å². The molecule has 0 radical (unpaired) electrons. The van der Waals surface area contributed by atoms with Crippen molar-refractivity contribution >= 4 is 0 Å². The molecule has 1 aromatic heterocycles. The molecule has 1 atom stereocenters. The number of nitrogens with zero attached hydrogens (tertiary/aromatic N) is 2. The molecule has 21 heavy (non-hydrogen) atoms. The van der Waals surface area contributed by atoms with Crippen LogP contribution in [0.5, 0.6) is 11.5 Å². The van der Waals surface area contributed by atoms with Crippen molar-refractivity contribution in [3.63, 3.8) is 0 Å². The maximum absolute atomic E-state index is 5.53. The molecule has 1 heterocycles. The van der Waals surface area contributed by atoms with E-state index in [2.05, 4.69) is 17.2 Å². The highest BCUT2D eigenvalue weighted by atomic mass is 16.5. The van der Waals surface area contributed by atoms with E-state index >= 15 is 0 Å². The van der Waals surface area contributed by atoms with Crippen LogP contribution >= 0.6 is 0 Å². The number of ether oxygens (including phenoxy) is 2. The molecule has 2 rings (SSSR count). The minimum atomic E-state index is -0.00851. The molecule has 2 aromatic rings. The minimum Gasteiger partial charge on any atom is -0.497 e. The van der Waals surface area contributed by atoms with Gasteiger partial charge in [0.15, 0.2) is 0 Å². The largest absolute Gasteiger partial charge is 0.497 e. The predicted molar refractivity (Wildman–Crippen MR) is 82.9 cm³/mol. The van der Waals surface area contributed by atoms with Gasteiger partial charge in [-0.3, -0.25) is 0 Å². The first-order valence-corrected chi connectivity index (χ1v) is 7.13. The lowest BCUT2D eigenvalue weighted by molar-refractivity contribution is 0.386. The number of methoxy groups -OCH3 is 2. The predicted octanol–water partition coefficient (Wildman–Crippen LogP) is 2.53. The third-order valence-corrected chi connectivity index (χ3v) is 3.47. The zero-order valence-electron chi connectivity index (χ0n) is 13.1. The van der Waals surface area contributed by atoms with Crippen molar-refractivity contribution in [2.45, 2.75) is 19.4 Å². The van der Waals surface area contributed by atoms with Crippen molar-refractivity contribution in [1.29, 1.82) is 0 Å². The van der Waals surface area contributed by atoms with E-state index < -0.39 is 0 Å². The van der Waals surface area contributed by atoms with E-state index in [-0.39, 0.29) is 6.04 Å². The van der Waals surface area contributed by atoms with Crippen LogP contribution in [0, 0.1) is 0 Å². The maximum atomic E-state index is 5.53. The lowest BCUT2D eigenvalue weighted by Gasteiger charge is -2.21. The van der Waals surface area contributed by atoms with Gasteiger partial charge in [-0.25, -0.2) is 4.98 Å². The summed E-state index contributed by atoms with van der Waals surface area (Å²) in [6, 6.07) is 5.87. The molecule has 1 aromatic carbocycles. The molecule has 114 valence electrons. The van der Waals surface area contributed by atoms with Crippen LogP contribution in [0.3, 0.4) is 0 Å². The average molecular weight is 289 g/mol. The van der Waals surface area contributed by atoms with E-state index in [0.29, 0.717) is 0 Å². The first kappa shape index (κ1) is 15.4. The maximum Gasteiger partial charge on any atom is 0.130 e. The Hall–Kier alpha value is -2.01. The van der Waals surface area contributed by atoms with Crippen LogP contribution in [-0.4, -0.2) is 30.3 Å². The lowest BCUT2D eigenvalue weighted by Crippen LogP contribution is -2.26. The molecule has 5 heteroatoms. The Morgan fingerprint density at radius 3 is 2.67 bits per heavy atom. The van der Waals surface area contributed by atoms with E-state index in [1.165, 1.54) is 0 Å². The number of hydrogen-bond acceptors (Lipinski definition) is 4. The van der Waals surface area contributed by atoms with Gasteiger partial charge in [0.2, 0.25) is 0 Å². The number of imidazole rings is 1. The zero-order chi connectivity index (χ0) is 15.2. The van der Waals surface area contributed by atoms with Crippen molar-refractivity contribution in [2.24, 2.45) is 7.05 Å². The van der Waals surface area contributed by atoms with Crippen LogP contribution in [-0.2, 0) is 7.05 Å². The van der Waals surface area contributed by atoms with E-state index in [4.69, 9.17) is 9.47 Å². The molecule has 0 aliphatic heterocycles. The van der Waals surface area contributed by atoms with Crippen LogP contribution < -0.4 is 14.8 Å². The Kier molecular flexibility index (Phi) is 5.22. The van der Waals surface area contributed by atoms with Crippen LogP contribution in [0.4, 0.5) is 0 Å². The number of hydrogen-bond donors (Lipinski definition) is 1. The molecule has 5 nitrogen and oxygen atoms in total. The summed E-state index contributed by atoms with van der Waals surface area (Å²) in [7, 11) is 5.33. The van der Waals surface area contributed by atoms with Gasteiger partial charge in [-0.2, -0.15) is 0 Å². The zero-order valence-corrected chi connectivity index (χ0v) is 13.1. The number of nitrogens with one attached hydrogen (secondary N) is 1. The number of benzene rings is 1. The summed E-state index contributed by atoms with van der Waals surface area (Å²) in [6.45, 7) is 3.06. The Labute approximate surface area is 125 Å². The lowest BCUT2D eigenvalue weighted by atomic mass is 10.0. The van der Waals surface area contributed by atoms with Gasteiger partial charge in [0, 0.05) is 31.1 Å². The molecule has 0 spiro atoms. The molecule has 0 saturated heterocycles. The molecule has 1 N–H and O–H groups in total. The standard InChI is InChI=1S/C16H23N3O2/c1-5-8-17-15(16-18-9-10-19(16)2)13-7-6-12(20-3)11-14(13)21-4/h6-7,9-11,15,17H,5,8H2,1-4H3. The summed E-state index contributed by atoms with van der Waals surface area (Å²) >= 11 is 0. The molecule has 0 aliphatic carbocycles. The average Bonchev–Trinajstić information content (AvgIpc) is 2.94. The van der Waals surface area contributed by atoms with E-state index in [1.807, 2.05) is 42.2 Å². The Morgan fingerprint density at radius 1 is 1.29 bits per heavy atom. The number of aryl methyl sites for hydroxylation is 1. The highest BCUT2D eigenvalue weighted by molar-refractivity contribution is 5.44. The van der Waals surface area contributed by atoms with Crippen LogP contribution in [0.1, 0.15) is 30.8 Å². The first-order valence-electron chi connectivity index (χ1n) is 7.13. The van der Waals surface area contributed by atoms with Crippen LogP contribution in [0.2, 0.25) is 0 Å². The third kappa shape index (κ3) is 3.36. The van der Waals surface area contributed by atoms with Gasteiger partial charge in [0.05, 0.1) is 20.3 Å². The molecule has 1 unspecified atom stereocenters. The number of rotatable bonds is 7. The monoisotopic (exact) mass is 289 g/mol. The summed E-state index contributed by atoms with van der Waals surface area (Å²) in [5.41, 5.74) is 1.06. The van der Waals surface area contributed by atoms with E-state index in [1.54, 1.807) is 14.2 Å². The second kappa shape index (κ2) is 7.13. The Balaban J connectivity index is 2.43. The van der Waals surface area contributed by atoms with Gasteiger partial charge in [0.25, 0.3) is 0 Å². The van der Waals surface area contributed by atoms with Crippen molar-refractivity contribution in [1.82, 2.24) is 14.9 Å². The quantitative estimate of drug-likeness (QED) is 0.851. The number of aromatic nitrogens is 2. The van der Waals surface area contributed by atoms with Gasteiger partial charge in [-0.1, -0.05) is 6.92 Å². The summed E-state index contributed by atoms with van der Waals surface area (Å²) < 4.78 is 12.8. The van der Waals surface area contributed by atoms with Crippen LogP contribution in [0.15, 0.2) is 30.6 Å². The topological polar surface area (TPSA) is 48.3 Å². The van der Waals surface area contributed by atoms with Crippen molar-refractivity contribution in [3.05, 3.63) is 42.0 Å². The van der Waals surface area contributed by atoms with Gasteiger partial charge in [0.1, 0.15) is 17.3 Å². The summed E-state index contributed by atoms with van der Waals surface area (Å²) in [4.78, 5) is 4.48. The normalized spacial score (nSPS) is 12.2. The van der Waals surface area contributed by atoms with Gasteiger partial charge < -0.3 is 19.4 Å². The summed E-state index contributed by atoms with van der Waals surface area (Å²) in [5.74, 6) is 2.54. The van der Waals surface area contributed by atoms with Crippen molar-refractivity contribution < 1.29 is 9.47 Å². The van der Waals surface area contributed by atoms with Gasteiger partial charge in [-0.15, -0.1) is 0 Å². The second-order valence-corrected chi connectivity index (χ2v) is 4.89. The molecular formula is C16H23N3O2. The van der Waals surface area contributed by atoms with Crippen molar-refractivity contribution in [2.75, 3.05) is 20.8 Å².